The average molecular weight is 347 g/mol. The van der Waals surface area contributed by atoms with E-state index < -0.39 is 6.10 Å². The van der Waals surface area contributed by atoms with Gasteiger partial charge in [0.25, 0.3) is 0 Å². The van der Waals surface area contributed by atoms with Gasteiger partial charge in [-0.2, -0.15) is 0 Å². The first-order chi connectivity index (χ1) is 12.0. The zero-order chi connectivity index (χ0) is 18.2. The maximum absolute atomic E-state index is 10.4. The minimum atomic E-state index is -0.568. The molecule has 1 fully saturated rings. The number of aliphatic hydroxyl groups excluding tert-OH is 1. The Morgan fingerprint density at radius 3 is 2.72 bits per heavy atom. The normalized spacial score (nSPS) is 19.9. The molecule has 1 aliphatic heterocycles. The lowest BCUT2D eigenvalue weighted by Gasteiger charge is -2.30. The molecule has 25 heavy (non-hydrogen) atoms. The number of likely N-dealkylation sites (tertiary alicyclic amines) is 1. The summed E-state index contributed by atoms with van der Waals surface area (Å²) in [6.45, 7) is 10.8. The van der Waals surface area contributed by atoms with Gasteiger partial charge in [0.15, 0.2) is 5.96 Å². The van der Waals surface area contributed by atoms with E-state index in [2.05, 4.69) is 47.9 Å². The van der Waals surface area contributed by atoms with Crippen LogP contribution in [0.5, 0.6) is 0 Å². The van der Waals surface area contributed by atoms with Crippen molar-refractivity contribution in [3.8, 4) is 0 Å². The number of aryl methyl sites for hydroxylation is 1. The molecule has 0 radical (unpaired) electrons. The van der Waals surface area contributed by atoms with E-state index >= 15 is 0 Å². The molecule has 0 bridgehead atoms. The van der Waals surface area contributed by atoms with E-state index in [-0.39, 0.29) is 0 Å². The van der Waals surface area contributed by atoms with Crippen molar-refractivity contribution in [2.75, 3.05) is 39.8 Å². The minimum Gasteiger partial charge on any atom is -0.386 e. The van der Waals surface area contributed by atoms with Crippen molar-refractivity contribution in [1.29, 1.82) is 0 Å². The van der Waals surface area contributed by atoms with Crippen LogP contribution in [0.1, 0.15) is 43.9 Å². The van der Waals surface area contributed by atoms with Crippen LogP contribution in [0.15, 0.2) is 29.3 Å². The Hall–Kier alpha value is -1.59. The number of hydrogen-bond acceptors (Lipinski definition) is 3. The molecule has 5 heteroatoms. The molecule has 0 aromatic heterocycles. The monoisotopic (exact) mass is 346 g/mol. The molecular weight excluding hydrogens is 312 g/mol. The highest BCUT2D eigenvalue weighted by Crippen LogP contribution is 2.18. The summed E-state index contributed by atoms with van der Waals surface area (Å²) in [6, 6.07) is 8.60. The van der Waals surface area contributed by atoms with Gasteiger partial charge in [0.1, 0.15) is 0 Å². The molecule has 1 aromatic carbocycles. The summed E-state index contributed by atoms with van der Waals surface area (Å²) >= 11 is 0. The second kappa shape index (κ2) is 9.78. The molecule has 2 atom stereocenters. The maximum Gasteiger partial charge on any atom is 0.193 e. The maximum atomic E-state index is 10.4. The summed E-state index contributed by atoms with van der Waals surface area (Å²) in [5.74, 6) is 0.872. The fraction of sp³-hybridized carbons (Fsp3) is 0.650. The van der Waals surface area contributed by atoms with Crippen molar-refractivity contribution in [1.82, 2.24) is 15.1 Å². The molecule has 2 rings (SSSR count). The van der Waals surface area contributed by atoms with Crippen LogP contribution in [-0.4, -0.2) is 66.7 Å². The molecule has 5 nitrogen and oxygen atoms in total. The van der Waals surface area contributed by atoms with E-state index in [1.54, 1.807) is 0 Å². The van der Waals surface area contributed by atoms with Crippen molar-refractivity contribution < 1.29 is 5.11 Å². The molecule has 2 unspecified atom stereocenters. The molecule has 1 aromatic rings. The van der Waals surface area contributed by atoms with Crippen LogP contribution < -0.4 is 5.32 Å². The quantitative estimate of drug-likeness (QED) is 0.588. The lowest BCUT2D eigenvalue weighted by Crippen LogP contribution is -2.46. The Balaban J connectivity index is 1.97. The van der Waals surface area contributed by atoms with Crippen LogP contribution in [0.25, 0.3) is 0 Å². The first-order valence-corrected chi connectivity index (χ1v) is 9.53. The molecule has 0 aliphatic carbocycles. The number of aliphatic hydroxyl groups is 1. The summed E-state index contributed by atoms with van der Waals surface area (Å²) < 4.78 is 0. The molecule has 1 heterocycles. The van der Waals surface area contributed by atoms with Gasteiger partial charge in [-0.25, -0.2) is 0 Å². The van der Waals surface area contributed by atoms with Gasteiger partial charge in [-0.3, -0.25) is 9.89 Å². The van der Waals surface area contributed by atoms with Crippen molar-refractivity contribution in [3.63, 3.8) is 0 Å². The topological polar surface area (TPSA) is 51.1 Å². The van der Waals surface area contributed by atoms with Gasteiger partial charge >= 0.3 is 0 Å². The summed E-state index contributed by atoms with van der Waals surface area (Å²) in [5.41, 5.74) is 2.12. The molecule has 1 saturated heterocycles. The van der Waals surface area contributed by atoms with E-state index in [1.807, 2.05) is 24.3 Å². The van der Waals surface area contributed by atoms with Crippen molar-refractivity contribution in [2.24, 2.45) is 4.99 Å². The first-order valence-electron chi connectivity index (χ1n) is 9.53. The first kappa shape index (κ1) is 19.7. The number of guanidine groups is 1. The summed E-state index contributed by atoms with van der Waals surface area (Å²) in [6.07, 6.45) is 1.97. The number of benzene rings is 1. The van der Waals surface area contributed by atoms with E-state index in [0.717, 1.165) is 31.2 Å². The Labute approximate surface area is 152 Å². The number of rotatable bonds is 7. The summed E-state index contributed by atoms with van der Waals surface area (Å²) in [5, 5.41) is 13.8. The highest BCUT2D eigenvalue weighted by atomic mass is 16.3. The second-order valence-electron chi connectivity index (χ2n) is 6.93. The van der Waals surface area contributed by atoms with Crippen LogP contribution >= 0.6 is 0 Å². The molecule has 0 saturated carbocycles. The molecule has 140 valence electrons. The zero-order valence-electron chi connectivity index (χ0n) is 16.2. The van der Waals surface area contributed by atoms with Crippen LogP contribution in [0, 0.1) is 6.92 Å². The predicted octanol–water partition coefficient (Wildman–Crippen LogP) is 2.41. The largest absolute Gasteiger partial charge is 0.386 e. The second-order valence-corrected chi connectivity index (χ2v) is 6.93. The Morgan fingerprint density at radius 1 is 1.36 bits per heavy atom. The average Bonchev–Trinajstić information content (AvgIpc) is 3.05. The molecular formula is C20H34N4O. The Kier molecular flexibility index (Phi) is 7.72. The van der Waals surface area contributed by atoms with E-state index in [1.165, 1.54) is 24.9 Å². The SMILES string of the molecule is CCNC(=NCC(O)c1ccc(C)cc1)N(C)CC1CCCN1CC. The molecule has 2 N–H and O–H groups in total. The molecule has 0 amide bonds. The van der Waals surface area contributed by atoms with Gasteiger partial charge in [0, 0.05) is 26.2 Å². The van der Waals surface area contributed by atoms with E-state index in [9.17, 15) is 5.11 Å². The Morgan fingerprint density at radius 2 is 2.08 bits per heavy atom. The number of hydrogen-bond donors (Lipinski definition) is 2. The smallest absolute Gasteiger partial charge is 0.193 e. The number of nitrogens with zero attached hydrogens (tertiary/aromatic N) is 3. The standard InChI is InChI=1S/C20H34N4O/c1-5-21-20(23(4)15-18-8-7-13-24(18)6-2)22-14-19(25)17-11-9-16(3)10-12-17/h9-12,18-19,25H,5-8,13-15H2,1-4H3,(H,21,22). The third kappa shape index (κ3) is 5.72. The number of aliphatic imine (C=N–C) groups is 1. The fourth-order valence-corrected chi connectivity index (χ4v) is 3.46. The lowest BCUT2D eigenvalue weighted by molar-refractivity contribution is 0.186. The highest BCUT2D eigenvalue weighted by molar-refractivity contribution is 5.79. The van der Waals surface area contributed by atoms with Gasteiger partial charge in [0.05, 0.1) is 12.6 Å². The van der Waals surface area contributed by atoms with E-state index in [0.29, 0.717) is 12.6 Å². The van der Waals surface area contributed by atoms with Gasteiger partial charge < -0.3 is 15.3 Å². The predicted molar refractivity (Wildman–Crippen MR) is 105 cm³/mol. The highest BCUT2D eigenvalue weighted by Gasteiger charge is 2.25. The molecule has 1 aliphatic rings. The minimum absolute atomic E-state index is 0.373. The van der Waals surface area contributed by atoms with Gasteiger partial charge in [-0.1, -0.05) is 36.8 Å². The fourth-order valence-electron chi connectivity index (χ4n) is 3.46. The zero-order valence-corrected chi connectivity index (χ0v) is 16.2. The van der Waals surface area contributed by atoms with Crippen molar-refractivity contribution in [2.45, 2.75) is 45.8 Å². The molecule has 0 spiro atoms. The third-order valence-electron chi connectivity index (χ3n) is 4.96. The number of likely N-dealkylation sites (N-methyl/N-ethyl adjacent to an activating group) is 2. The van der Waals surface area contributed by atoms with Crippen LogP contribution in [-0.2, 0) is 0 Å². The van der Waals surface area contributed by atoms with Crippen LogP contribution in [0.3, 0.4) is 0 Å². The lowest BCUT2D eigenvalue weighted by atomic mass is 10.1. The van der Waals surface area contributed by atoms with Crippen LogP contribution in [0.2, 0.25) is 0 Å². The van der Waals surface area contributed by atoms with Gasteiger partial charge in [0.2, 0.25) is 0 Å². The third-order valence-corrected chi connectivity index (χ3v) is 4.96. The Bertz CT molecular complexity index is 543. The summed E-state index contributed by atoms with van der Waals surface area (Å²) in [7, 11) is 2.09. The van der Waals surface area contributed by atoms with Gasteiger partial charge in [-0.15, -0.1) is 0 Å². The van der Waals surface area contributed by atoms with E-state index in [4.69, 9.17) is 0 Å². The van der Waals surface area contributed by atoms with Crippen molar-refractivity contribution in [3.05, 3.63) is 35.4 Å². The number of nitrogens with one attached hydrogen (secondary N) is 1. The van der Waals surface area contributed by atoms with Gasteiger partial charge in [-0.05, 0) is 45.3 Å². The van der Waals surface area contributed by atoms with Crippen LogP contribution in [0.4, 0.5) is 0 Å². The summed E-state index contributed by atoms with van der Waals surface area (Å²) in [4.78, 5) is 9.41. The van der Waals surface area contributed by atoms with Crippen molar-refractivity contribution >= 4 is 5.96 Å².